The lowest BCUT2D eigenvalue weighted by Crippen LogP contribution is -2.31. The van der Waals surface area contributed by atoms with Crippen LogP contribution in [-0.2, 0) is 14.3 Å². The number of carbonyl (C=O) groups is 2. The van der Waals surface area contributed by atoms with Crippen LogP contribution in [0.2, 0.25) is 0 Å². The van der Waals surface area contributed by atoms with Gasteiger partial charge in [-0.2, -0.15) is 25.7 Å². The quantitative estimate of drug-likeness (QED) is 0.373. The van der Waals surface area contributed by atoms with E-state index in [1.807, 2.05) is 26.8 Å². The second-order valence-electron chi connectivity index (χ2n) is 7.29. The lowest BCUT2D eigenvalue weighted by atomic mass is 9.99. The molecule has 0 bridgehead atoms. The molecule has 2 unspecified atom stereocenters. The number of nitrogens with zero attached hydrogens (tertiary/aromatic N) is 5. The Hall–Kier alpha value is -3.15. The molecule has 1 N–H and O–H groups in total. The lowest BCUT2D eigenvalue weighted by molar-refractivity contribution is -0.145. The van der Waals surface area contributed by atoms with Crippen molar-refractivity contribution in [1.29, 1.82) is 5.26 Å². The molecule has 1 aromatic carbocycles. The highest BCUT2D eigenvalue weighted by atomic mass is 16.5. The summed E-state index contributed by atoms with van der Waals surface area (Å²) in [4.78, 5) is 22.7. The Labute approximate surface area is 164 Å². The summed E-state index contributed by atoms with van der Waals surface area (Å²) in [6, 6.07) is 11.0. The molecule has 0 saturated heterocycles. The Balaban J connectivity index is 2.56. The van der Waals surface area contributed by atoms with Crippen LogP contribution in [0.5, 0.6) is 0 Å². The molecule has 28 heavy (non-hydrogen) atoms. The molecule has 1 amide bonds. The highest BCUT2D eigenvalue weighted by Gasteiger charge is 2.26. The third-order valence-corrected chi connectivity index (χ3v) is 3.36. The zero-order valence-electron chi connectivity index (χ0n) is 16.6. The SMILES string of the molecule is CC(C)(C)N=NC(C)(C#N)CCC(=O)OCC(N=Nc1ccccc1)NC=O. The maximum atomic E-state index is 12.0. The van der Waals surface area contributed by atoms with Gasteiger partial charge in [-0.25, -0.2) is 0 Å². The molecule has 1 aromatic rings. The van der Waals surface area contributed by atoms with E-state index in [-0.39, 0.29) is 19.4 Å². The monoisotopic (exact) mass is 386 g/mol. The number of nitrogens with one attached hydrogen (secondary N) is 1. The average molecular weight is 386 g/mol. The Morgan fingerprint density at radius 3 is 2.50 bits per heavy atom. The van der Waals surface area contributed by atoms with Crippen LogP contribution in [0.1, 0.15) is 40.5 Å². The summed E-state index contributed by atoms with van der Waals surface area (Å²) >= 11 is 0. The van der Waals surface area contributed by atoms with Crippen LogP contribution in [0.25, 0.3) is 0 Å². The van der Waals surface area contributed by atoms with Crippen molar-refractivity contribution in [3.05, 3.63) is 30.3 Å². The van der Waals surface area contributed by atoms with Crippen molar-refractivity contribution in [1.82, 2.24) is 5.32 Å². The predicted octanol–water partition coefficient (Wildman–Crippen LogP) is 3.70. The molecule has 9 heteroatoms. The first kappa shape index (κ1) is 22.9. The molecule has 0 fully saturated rings. The lowest BCUT2D eigenvalue weighted by Gasteiger charge is -2.18. The van der Waals surface area contributed by atoms with E-state index in [1.54, 1.807) is 31.2 Å². The molecule has 150 valence electrons. The largest absolute Gasteiger partial charge is 0.461 e. The standard InChI is InChI=1S/C19H26N6O3/c1-18(2,3)24-25-19(4,13-20)11-10-17(27)28-12-16(21-14-26)23-22-15-8-6-5-7-9-15/h5-9,14,16H,10-12H2,1-4H3,(H,21,26). The minimum atomic E-state index is -1.11. The molecule has 0 radical (unpaired) electrons. The van der Waals surface area contributed by atoms with Crippen molar-refractivity contribution in [3.63, 3.8) is 0 Å². The molecule has 0 aliphatic rings. The van der Waals surface area contributed by atoms with E-state index in [0.29, 0.717) is 12.1 Å². The number of azo groups is 2. The Morgan fingerprint density at radius 1 is 1.25 bits per heavy atom. The molecule has 0 aliphatic carbocycles. The zero-order valence-corrected chi connectivity index (χ0v) is 16.6. The predicted molar refractivity (Wildman–Crippen MR) is 103 cm³/mol. The molecule has 1 rings (SSSR count). The number of esters is 1. The topological polar surface area (TPSA) is 129 Å². The number of ether oxygens (including phenoxy) is 1. The van der Waals surface area contributed by atoms with E-state index in [9.17, 15) is 14.9 Å². The molecule has 0 saturated carbocycles. The van der Waals surface area contributed by atoms with E-state index >= 15 is 0 Å². The molecule has 0 aromatic heterocycles. The van der Waals surface area contributed by atoms with Gasteiger partial charge in [-0.15, -0.1) is 0 Å². The van der Waals surface area contributed by atoms with E-state index in [1.165, 1.54) is 0 Å². The fraction of sp³-hybridized carbons (Fsp3) is 0.526. The van der Waals surface area contributed by atoms with Gasteiger partial charge in [-0.1, -0.05) is 18.2 Å². The molecular formula is C19H26N6O3. The summed E-state index contributed by atoms with van der Waals surface area (Å²) in [5.41, 5.74) is -0.906. The second kappa shape index (κ2) is 10.9. The van der Waals surface area contributed by atoms with Gasteiger partial charge in [-0.05, 0) is 46.2 Å². The first-order valence-electron chi connectivity index (χ1n) is 8.84. The molecule has 0 heterocycles. The Kier molecular flexibility index (Phi) is 8.88. The fourth-order valence-electron chi connectivity index (χ4n) is 1.80. The summed E-state index contributed by atoms with van der Waals surface area (Å²) in [5.74, 6) is -0.528. The van der Waals surface area contributed by atoms with Crippen LogP contribution in [0.4, 0.5) is 5.69 Å². The highest BCUT2D eigenvalue weighted by molar-refractivity contribution is 5.69. The van der Waals surface area contributed by atoms with Crippen LogP contribution >= 0.6 is 0 Å². The van der Waals surface area contributed by atoms with Crippen molar-refractivity contribution in [2.24, 2.45) is 20.5 Å². The summed E-state index contributed by atoms with van der Waals surface area (Å²) in [5, 5.41) is 27.9. The van der Waals surface area contributed by atoms with Crippen LogP contribution in [0, 0.1) is 11.3 Å². The smallest absolute Gasteiger partial charge is 0.306 e. The number of rotatable bonds is 10. The van der Waals surface area contributed by atoms with Crippen LogP contribution < -0.4 is 5.32 Å². The maximum Gasteiger partial charge on any atom is 0.306 e. The number of carbonyl (C=O) groups excluding carboxylic acids is 2. The van der Waals surface area contributed by atoms with Crippen molar-refractivity contribution < 1.29 is 14.3 Å². The number of benzene rings is 1. The minimum absolute atomic E-state index is 0.0170. The average Bonchev–Trinajstić information content (AvgIpc) is 2.67. The van der Waals surface area contributed by atoms with Crippen molar-refractivity contribution in [2.45, 2.75) is 57.8 Å². The van der Waals surface area contributed by atoms with Gasteiger partial charge in [-0.3, -0.25) is 9.59 Å². The first-order chi connectivity index (χ1) is 13.2. The van der Waals surface area contributed by atoms with Crippen molar-refractivity contribution >= 4 is 18.1 Å². The van der Waals surface area contributed by atoms with Gasteiger partial charge in [0, 0.05) is 6.42 Å². The van der Waals surface area contributed by atoms with E-state index < -0.39 is 23.2 Å². The maximum absolute atomic E-state index is 12.0. The van der Waals surface area contributed by atoms with Crippen molar-refractivity contribution in [2.75, 3.05) is 6.61 Å². The zero-order chi connectivity index (χ0) is 21.0. The molecule has 0 spiro atoms. The van der Waals surface area contributed by atoms with Crippen LogP contribution in [0.15, 0.2) is 50.8 Å². The van der Waals surface area contributed by atoms with E-state index in [2.05, 4.69) is 31.8 Å². The Morgan fingerprint density at radius 2 is 1.93 bits per heavy atom. The van der Waals surface area contributed by atoms with Gasteiger partial charge >= 0.3 is 5.97 Å². The van der Waals surface area contributed by atoms with Crippen molar-refractivity contribution in [3.8, 4) is 6.07 Å². The fourth-order valence-corrected chi connectivity index (χ4v) is 1.80. The van der Waals surface area contributed by atoms with Gasteiger partial charge in [0.25, 0.3) is 0 Å². The third kappa shape index (κ3) is 9.52. The normalized spacial score (nSPS) is 15.0. The summed E-state index contributed by atoms with van der Waals surface area (Å²) in [6.45, 7) is 7.05. The van der Waals surface area contributed by atoms with Gasteiger partial charge < -0.3 is 10.1 Å². The van der Waals surface area contributed by atoms with Crippen LogP contribution in [0.3, 0.4) is 0 Å². The molecular weight excluding hydrogens is 360 g/mol. The number of hydrogen-bond acceptors (Lipinski definition) is 8. The number of nitriles is 1. The molecule has 2 atom stereocenters. The number of amides is 1. The second-order valence-corrected chi connectivity index (χ2v) is 7.29. The minimum Gasteiger partial charge on any atom is -0.461 e. The number of hydrogen-bond donors (Lipinski definition) is 1. The van der Waals surface area contributed by atoms with Gasteiger partial charge in [0.2, 0.25) is 6.41 Å². The molecule has 9 nitrogen and oxygen atoms in total. The van der Waals surface area contributed by atoms with Gasteiger partial charge in [0.1, 0.15) is 6.61 Å². The van der Waals surface area contributed by atoms with Gasteiger partial charge in [0.15, 0.2) is 11.7 Å². The third-order valence-electron chi connectivity index (χ3n) is 3.36. The van der Waals surface area contributed by atoms with Crippen LogP contribution in [-0.4, -0.2) is 36.2 Å². The summed E-state index contributed by atoms with van der Waals surface area (Å²) in [6.07, 6.45) is -0.192. The Bertz CT molecular complexity index is 736. The first-order valence-corrected chi connectivity index (χ1v) is 8.84. The van der Waals surface area contributed by atoms with E-state index in [4.69, 9.17) is 4.74 Å². The van der Waals surface area contributed by atoms with E-state index in [0.717, 1.165) is 0 Å². The molecule has 0 aliphatic heterocycles. The highest BCUT2D eigenvalue weighted by Crippen LogP contribution is 2.20. The summed E-state index contributed by atoms with van der Waals surface area (Å²) in [7, 11) is 0. The van der Waals surface area contributed by atoms with Gasteiger partial charge in [0.05, 0.1) is 17.3 Å². The summed E-state index contributed by atoms with van der Waals surface area (Å²) < 4.78 is 5.13.